The van der Waals surface area contributed by atoms with E-state index in [4.69, 9.17) is 19.2 Å². The number of aromatic nitrogens is 2. The van der Waals surface area contributed by atoms with Crippen molar-refractivity contribution in [2.45, 2.75) is 46.2 Å². The number of carbonyl (C=O) groups is 1. The number of ether oxygens (including phenoxy) is 3. The van der Waals surface area contributed by atoms with Crippen LogP contribution in [0, 0.1) is 13.8 Å². The van der Waals surface area contributed by atoms with Crippen molar-refractivity contribution >= 4 is 16.9 Å². The molecule has 0 aliphatic carbocycles. The summed E-state index contributed by atoms with van der Waals surface area (Å²) in [6, 6.07) is 20.0. The molecule has 0 radical (unpaired) electrons. The number of hydrogen-bond donors (Lipinski definition) is 1. The van der Waals surface area contributed by atoms with Crippen LogP contribution in [0.25, 0.3) is 11.0 Å². The average Bonchev–Trinajstić information content (AvgIpc) is 3.30. The number of allylic oxidation sites excluding steroid dienone is 1. The molecule has 39 heavy (non-hydrogen) atoms. The van der Waals surface area contributed by atoms with Crippen molar-refractivity contribution < 1.29 is 19.0 Å². The molecule has 0 unspecified atom stereocenters. The lowest BCUT2D eigenvalue weighted by atomic mass is 10.1. The van der Waals surface area contributed by atoms with Gasteiger partial charge in [-0.1, -0.05) is 36.4 Å². The number of nitrogens with zero attached hydrogens (tertiary/aromatic N) is 2. The molecule has 1 N–H and O–H groups in total. The Morgan fingerprint density at radius 2 is 1.85 bits per heavy atom. The first-order valence-electron chi connectivity index (χ1n) is 13.3. The number of unbranched alkanes of at least 4 members (excludes halogenated alkanes) is 1. The van der Waals surface area contributed by atoms with Crippen molar-refractivity contribution in [3.8, 4) is 17.2 Å². The van der Waals surface area contributed by atoms with Crippen LogP contribution in [0.3, 0.4) is 0 Å². The third kappa shape index (κ3) is 7.41. The Bertz CT molecular complexity index is 1430. The zero-order valence-corrected chi connectivity index (χ0v) is 23.0. The van der Waals surface area contributed by atoms with Gasteiger partial charge in [0.1, 0.15) is 11.6 Å². The molecule has 0 atom stereocenters. The minimum Gasteiger partial charge on any atom is -0.493 e. The number of hydrogen-bond acceptors (Lipinski definition) is 5. The number of fused-ring (bicyclic) bond motifs is 1. The Labute approximate surface area is 230 Å². The van der Waals surface area contributed by atoms with Crippen LogP contribution in [0.1, 0.15) is 35.4 Å². The van der Waals surface area contributed by atoms with E-state index in [0.717, 1.165) is 76.6 Å². The van der Waals surface area contributed by atoms with Gasteiger partial charge in [-0.3, -0.25) is 4.79 Å². The summed E-state index contributed by atoms with van der Waals surface area (Å²) in [7, 11) is 1.65. The van der Waals surface area contributed by atoms with Gasteiger partial charge in [0.15, 0.2) is 18.1 Å². The summed E-state index contributed by atoms with van der Waals surface area (Å²) in [5, 5.41) is 2.96. The number of para-hydroxylation sites is 2. The molecule has 7 heteroatoms. The van der Waals surface area contributed by atoms with Crippen LogP contribution >= 0.6 is 0 Å². The lowest BCUT2D eigenvalue weighted by Crippen LogP contribution is -2.29. The molecule has 0 fully saturated rings. The summed E-state index contributed by atoms with van der Waals surface area (Å²) in [5.74, 6) is 2.83. The molecule has 204 valence electrons. The van der Waals surface area contributed by atoms with E-state index in [1.54, 1.807) is 7.11 Å². The van der Waals surface area contributed by atoms with Crippen molar-refractivity contribution in [3.63, 3.8) is 0 Å². The number of rotatable bonds is 14. The monoisotopic (exact) mass is 527 g/mol. The Balaban J connectivity index is 1.31. The quantitative estimate of drug-likeness (QED) is 0.162. The van der Waals surface area contributed by atoms with Crippen LogP contribution in [-0.2, 0) is 24.3 Å². The molecule has 0 saturated heterocycles. The van der Waals surface area contributed by atoms with Crippen LogP contribution in [0.4, 0.5) is 0 Å². The number of nitrogens with one attached hydrogen (secondary N) is 1. The summed E-state index contributed by atoms with van der Waals surface area (Å²) in [6.07, 6.45) is 4.42. The molecule has 0 bridgehead atoms. The molecule has 1 heterocycles. The van der Waals surface area contributed by atoms with Crippen molar-refractivity contribution in [1.82, 2.24) is 14.9 Å². The maximum absolute atomic E-state index is 12.6. The van der Waals surface area contributed by atoms with Crippen molar-refractivity contribution in [3.05, 3.63) is 95.8 Å². The smallest absolute Gasteiger partial charge is 0.258 e. The van der Waals surface area contributed by atoms with Gasteiger partial charge in [-0.25, -0.2) is 4.98 Å². The number of amides is 1. The van der Waals surface area contributed by atoms with E-state index < -0.39 is 0 Å². The largest absolute Gasteiger partial charge is 0.493 e. The number of imidazole rings is 1. The lowest BCUT2D eigenvalue weighted by Gasteiger charge is -2.13. The van der Waals surface area contributed by atoms with Gasteiger partial charge in [0.05, 0.1) is 31.3 Å². The second-order valence-corrected chi connectivity index (χ2v) is 9.54. The van der Waals surface area contributed by atoms with Gasteiger partial charge in [0.2, 0.25) is 0 Å². The molecule has 3 aromatic carbocycles. The van der Waals surface area contributed by atoms with Crippen molar-refractivity contribution in [2.75, 3.05) is 20.3 Å². The summed E-state index contributed by atoms with van der Waals surface area (Å²) in [5.41, 5.74) is 5.19. The van der Waals surface area contributed by atoms with E-state index in [-0.39, 0.29) is 12.5 Å². The molecule has 4 rings (SSSR count). The maximum atomic E-state index is 12.6. The van der Waals surface area contributed by atoms with Gasteiger partial charge in [-0.05, 0) is 80.1 Å². The molecule has 0 aliphatic heterocycles. The highest BCUT2D eigenvalue weighted by atomic mass is 16.5. The van der Waals surface area contributed by atoms with Crippen LogP contribution in [0.5, 0.6) is 17.2 Å². The molecule has 7 nitrogen and oxygen atoms in total. The summed E-state index contributed by atoms with van der Waals surface area (Å²) < 4.78 is 19.4. The average molecular weight is 528 g/mol. The normalized spacial score (nSPS) is 10.8. The molecular formula is C32H37N3O4. The van der Waals surface area contributed by atoms with E-state index in [1.165, 1.54) is 0 Å². The minimum absolute atomic E-state index is 0.0418. The fourth-order valence-corrected chi connectivity index (χ4v) is 4.42. The van der Waals surface area contributed by atoms with E-state index in [1.807, 2.05) is 74.5 Å². The highest BCUT2D eigenvalue weighted by Gasteiger charge is 2.13. The Hall–Kier alpha value is -4.26. The number of methoxy groups -OCH3 is 1. The predicted molar refractivity (Wildman–Crippen MR) is 155 cm³/mol. The molecule has 0 aliphatic rings. The van der Waals surface area contributed by atoms with Crippen molar-refractivity contribution in [2.24, 2.45) is 0 Å². The topological polar surface area (TPSA) is 74.6 Å². The van der Waals surface area contributed by atoms with Gasteiger partial charge >= 0.3 is 0 Å². The van der Waals surface area contributed by atoms with Crippen LogP contribution in [-0.4, -0.2) is 35.8 Å². The van der Waals surface area contributed by atoms with Gasteiger partial charge in [0.25, 0.3) is 5.91 Å². The molecular weight excluding hydrogens is 490 g/mol. The van der Waals surface area contributed by atoms with E-state index >= 15 is 0 Å². The van der Waals surface area contributed by atoms with Crippen molar-refractivity contribution in [1.29, 1.82) is 0 Å². The third-order valence-electron chi connectivity index (χ3n) is 6.52. The fraction of sp³-hybridized carbons (Fsp3) is 0.312. The first-order valence-corrected chi connectivity index (χ1v) is 13.3. The Morgan fingerprint density at radius 3 is 2.67 bits per heavy atom. The number of carbonyl (C=O) groups excluding carboxylic acids is 1. The predicted octanol–water partition coefficient (Wildman–Crippen LogP) is 5.94. The first kappa shape index (κ1) is 27.8. The van der Waals surface area contributed by atoms with Crippen LogP contribution in [0.15, 0.2) is 73.3 Å². The second kappa shape index (κ2) is 13.5. The van der Waals surface area contributed by atoms with E-state index in [2.05, 4.69) is 22.5 Å². The molecule has 4 aromatic rings. The summed E-state index contributed by atoms with van der Waals surface area (Å²) >= 11 is 0. The van der Waals surface area contributed by atoms with Gasteiger partial charge in [0, 0.05) is 6.54 Å². The highest BCUT2D eigenvalue weighted by Crippen LogP contribution is 2.28. The number of benzene rings is 3. The minimum atomic E-state index is -0.184. The SMILES string of the molecule is C=CCc1ccc(OCCCCn2c(CNC(=O)COc3cc(C)ccc3C)nc3ccccc32)c(OC)c1. The lowest BCUT2D eigenvalue weighted by molar-refractivity contribution is -0.123. The molecule has 1 aromatic heterocycles. The fourth-order valence-electron chi connectivity index (χ4n) is 4.42. The summed E-state index contributed by atoms with van der Waals surface area (Å²) in [6.45, 7) is 9.39. The van der Waals surface area contributed by atoms with Crippen LogP contribution in [0.2, 0.25) is 0 Å². The van der Waals surface area contributed by atoms with Gasteiger partial charge in [-0.15, -0.1) is 6.58 Å². The zero-order chi connectivity index (χ0) is 27.6. The summed E-state index contributed by atoms with van der Waals surface area (Å²) in [4.78, 5) is 17.3. The standard InChI is InChI=1S/C32H37N3O4/c1-5-10-25-15-16-28(30(20-25)37-4)38-18-9-8-17-35-27-12-7-6-11-26(27)34-31(35)21-33-32(36)22-39-29-19-23(2)13-14-24(29)3/h5-7,11-16,19-20H,1,8-10,17-18,21-22H2,2-4H3,(H,33,36). The highest BCUT2D eigenvalue weighted by molar-refractivity contribution is 5.78. The van der Waals surface area contributed by atoms with E-state index in [0.29, 0.717) is 13.2 Å². The third-order valence-corrected chi connectivity index (χ3v) is 6.52. The van der Waals surface area contributed by atoms with E-state index in [9.17, 15) is 4.79 Å². The Kier molecular flexibility index (Phi) is 9.62. The molecule has 1 amide bonds. The van der Waals surface area contributed by atoms with Gasteiger partial charge in [-0.2, -0.15) is 0 Å². The second-order valence-electron chi connectivity index (χ2n) is 9.54. The molecule has 0 saturated carbocycles. The molecule has 0 spiro atoms. The Morgan fingerprint density at radius 1 is 1.00 bits per heavy atom. The van der Waals surface area contributed by atoms with Crippen LogP contribution < -0.4 is 19.5 Å². The first-order chi connectivity index (χ1) is 19.0. The maximum Gasteiger partial charge on any atom is 0.258 e. The van der Waals surface area contributed by atoms with Gasteiger partial charge < -0.3 is 24.1 Å². The zero-order valence-electron chi connectivity index (χ0n) is 23.0. The number of aryl methyl sites for hydroxylation is 3.